The zero-order valence-corrected chi connectivity index (χ0v) is 14.7. The number of benzene rings is 3. The van der Waals surface area contributed by atoms with Crippen molar-refractivity contribution in [2.45, 2.75) is 0 Å². The van der Waals surface area contributed by atoms with Gasteiger partial charge in [0.2, 0.25) is 0 Å². The van der Waals surface area contributed by atoms with Gasteiger partial charge in [-0.15, -0.1) is 0 Å². The molecule has 0 unspecified atom stereocenters. The van der Waals surface area contributed by atoms with E-state index >= 15 is 0 Å². The van der Waals surface area contributed by atoms with Gasteiger partial charge in [-0.25, -0.2) is 0 Å². The number of halogens is 2. The first kappa shape index (κ1) is 13.3. The Balaban J connectivity index is 2.16. The van der Waals surface area contributed by atoms with Gasteiger partial charge in [0.1, 0.15) is 11.2 Å². The zero-order chi connectivity index (χ0) is 14.4. The number of rotatable bonds is 1. The minimum absolute atomic E-state index is 0.924. The van der Waals surface area contributed by atoms with Gasteiger partial charge in [0, 0.05) is 24.4 Å². The fraction of sp³-hybridized carbons (Fsp3) is 0. The third kappa shape index (κ3) is 2.19. The van der Waals surface area contributed by atoms with Crippen LogP contribution in [0.25, 0.3) is 33.1 Å². The van der Waals surface area contributed by atoms with Gasteiger partial charge >= 0.3 is 0 Å². The van der Waals surface area contributed by atoms with Crippen molar-refractivity contribution in [3.63, 3.8) is 0 Å². The lowest BCUT2D eigenvalue weighted by atomic mass is 9.99. The lowest BCUT2D eigenvalue weighted by molar-refractivity contribution is 0.669. The van der Waals surface area contributed by atoms with Crippen molar-refractivity contribution < 1.29 is 4.42 Å². The molecular weight excluding hydrogens is 439 g/mol. The van der Waals surface area contributed by atoms with Crippen molar-refractivity contribution in [3.8, 4) is 11.1 Å². The molecule has 4 aromatic rings. The average molecular weight is 449 g/mol. The Morgan fingerprint density at radius 3 is 2.38 bits per heavy atom. The molecule has 21 heavy (non-hydrogen) atoms. The van der Waals surface area contributed by atoms with E-state index in [1.165, 1.54) is 20.1 Å². The Morgan fingerprint density at radius 2 is 1.57 bits per heavy atom. The second kappa shape index (κ2) is 5.14. The molecule has 4 rings (SSSR count). The molecule has 0 atom stereocenters. The summed E-state index contributed by atoms with van der Waals surface area (Å²) in [6, 6.07) is 20.8. The Kier molecular flexibility index (Phi) is 3.27. The molecule has 0 N–H and O–H groups in total. The summed E-state index contributed by atoms with van der Waals surface area (Å²) in [6.07, 6.45) is 0. The monoisotopic (exact) mass is 448 g/mol. The predicted octanol–water partition coefficient (Wildman–Crippen LogP) is 6.62. The summed E-state index contributed by atoms with van der Waals surface area (Å²) in [4.78, 5) is 0. The van der Waals surface area contributed by atoms with Gasteiger partial charge in [0.25, 0.3) is 0 Å². The molecular formula is C18H10BrIO. The first-order valence-electron chi connectivity index (χ1n) is 6.60. The molecule has 0 saturated heterocycles. The van der Waals surface area contributed by atoms with Crippen LogP contribution in [0.4, 0.5) is 0 Å². The minimum atomic E-state index is 0.924. The van der Waals surface area contributed by atoms with Crippen molar-refractivity contribution in [2.24, 2.45) is 0 Å². The summed E-state index contributed by atoms with van der Waals surface area (Å²) < 4.78 is 8.29. The predicted molar refractivity (Wildman–Crippen MR) is 99.6 cm³/mol. The summed E-state index contributed by atoms with van der Waals surface area (Å²) in [7, 11) is 0. The topological polar surface area (TPSA) is 13.1 Å². The van der Waals surface area contributed by atoms with E-state index in [4.69, 9.17) is 4.42 Å². The highest BCUT2D eigenvalue weighted by molar-refractivity contribution is 14.1. The maximum absolute atomic E-state index is 5.97. The van der Waals surface area contributed by atoms with Crippen LogP contribution in [0.15, 0.2) is 69.6 Å². The van der Waals surface area contributed by atoms with E-state index in [2.05, 4.69) is 81.0 Å². The van der Waals surface area contributed by atoms with Crippen LogP contribution in [-0.2, 0) is 0 Å². The number of hydrogen-bond acceptors (Lipinski definition) is 1. The number of hydrogen-bond donors (Lipinski definition) is 0. The van der Waals surface area contributed by atoms with Gasteiger partial charge in [0.05, 0.1) is 0 Å². The number of para-hydroxylation sites is 1. The van der Waals surface area contributed by atoms with Crippen molar-refractivity contribution >= 4 is 60.5 Å². The van der Waals surface area contributed by atoms with Crippen LogP contribution < -0.4 is 0 Å². The molecule has 0 radical (unpaired) electrons. The third-order valence-corrected chi connectivity index (χ3v) is 5.01. The Morgan fingerprint density at radius 1 is 0.810 bits per heavy atom. The molecule has 1 heterocycles. The molecule has 0 amide bonds. The van der Waals surface area contributed by atoms with Crippen molar-refractivity contribution in [3.05, 3.63) is 68.7 Å². The van der Waals surface area contributed by atoms with Gasteiger partial charge < -0.3 is 4.42 Å². The van der Waals surface area contributed by atoms with Crippen LogP contribution >= 0.6 is 38.5 Å². The van der Waals surface area contributed by atoms with Gasteiger partial charge in [-0.2, -0.15) is 0 Å². The molecule has 1 nitrogen and oxygen atoms in total. The van der Waals surface area contributed by atoms with Gasteiger partial charge in [-0.1, -0.05) is 46.3 Å². The summed E-state index contributed by atoms with van der Waals surface area (Å²) >= 11 is 6.02. The van der Waals surface area contributed by atoms with Crippen molar-refractivity contribution in [2.75, 3.05) is 0 Å². The smallest absolute Gasteiger partial charge is 0.136 e. The molecule has 0 aliphatic rings. The molecule has 1 aromatic heterocycles. The van der Waals surface area contributed by atoms with Crippen LogP contribution in [0.3, 0.4) is 0 Å². The fourth-order valence-electron chi connectivity index (χ4n) is 2.69. The normalized spacial score (nSPS) is 11.3. The third-order valence-electron chi connectivity index (χ3n) is 3.63. The molecule has 0 bridgehead atoms. The van der Waals surface area contributed by atoms with Crippen LogP contribution in [0.2, 0.25) is 0 Å². The van der Waals surface area contributed by atoms with Gasteiger partial charge in [0.15, 0.2) is 0 Å². The molecule has 3 heteroatoms. The Labute approximate surface area is 144 Å². The lowest BCUT2D eigenvalue weighted by Crippen LogP contribution is -1.82. The molecule has 0 aliphatic heterocycles. The summed E-state index contributed by atoms with van der Waals surface area (Å²) in [5, 5.41) is 2.32. The maximum atomic E-state index is 5.97. The quantitative estimate of drug-likeness (QED) is 0.298. The second-order valence-electron chi connectivity index (χ2n) is 4.90. The summed E-state index contributed by atoms with van der Waals surface area (Å²) in [6.45, 7) is 0. The van der Waals surface area contributed by atoms with Crippen molar-refractivity contribution in [1.29, 1.82) is 0 Å². The van der Waals surface area contributed by atoms with E-state index in [1.54, 1.807) is 0 Å². The lowest BCUT2D eigenvalue weighted by Gasteiger charge is -2.07. The van der Waals surface area contributed by atoms with Gasteiger partial charge in [-0.3, -0.25) is 0 Å². The summed E-state index contributed by atoms with van der Waals surface area (Å²) in [5.41, 5.74) is 4.23. The zero-order valence-electron chi connectivity index (χ0n) is 10.9. The van der Waals surface area contributed by atoms with Gasteiger partial charge in [-0.05, 0) is 58.5 Å². The van der Waals surface area contributed by atoms with E-state index in [-0.39, 0.29) is 0 Å². The first-order valence-corrected chi connectivity index (χ1v) is 8.47. The maximum Gasteiger partial charge on any atom is 0.136 e. The standard InChI is InChI=1S/C18H10BrIO/c19-14-9-10-16-18(13-3-1-2-4-15(13)21-16)17(14)11-5-7-12(20)8-6-11/h1-10H. The van der Waals surface area contributed by atoms with E-state index in [0.717, 1.165) is 21.0 Å². The average Bonchev–Trinajstić information content (AvgIpc) is 2.87. The highest BCUT2D eigenvalue weighted by Crippen LogP contribution is 2.40. The SMILES string of the molecule is Brc1ccc2oc3ccccc3c2c1-c1ccc(I)cc1. The van der Waals surface area contributed by atoms with Crippen LogP contribution in [0, 0.1) is 3.57 Å². The number of furan rings is 1. The van der Waals surface area contributed by atoms with Crippen molar-refractivity contribution in [1.82, 2.24) is 0 Å². The van der Waals surface area contributed by atoms with E-state index in [9.17, 15) is 0 Å². The molecule has 0 spiro atoms. The highest BCUT2D eigenvalue weighted by atomic mass is 127. The fourth-order valence-corrected chi connectivity index (χ4v) is 3.61. The second-order valence-corrected chi connectivity index (χ2v) is 7.00. The van der Waals surface area contributed by atoms with E-state index in [0.29, 0.717) is 0 Å². The minimum Gasteiger partial charge on any atom is -0.456 e. The summed E-state index contributed by atoms with van der Waals surface area (Å²) in [5.74, 6) is 0. The molecule has 3 aromatic carbocycles. The molecule has 0 aliphatic carbocycles. The molecule has 0 saturated carbocycles. The molecule has 102 valence electrons. The van der Waals surface area contributed by atoms with Crippen LogP contribution in [-0.4, -0.2) is 0 Å². The molecule has 0 fully saturated rings. The Hall–Kier alpha value is -1.33. The highest BCUT2D eigenvalue weighted by Gasteiger charge is 2.14. The number of fused-ring (bicyclic) bond motifs is 3. The van der Waals surface area contributed by atoms with E-state index in [1.807, 2.05) is 18.2 Å². The first-order chi connectivity index (χ1) is 10.2. The van der Waals surface area contributed by atoms with E-state index < -0.39 is 0 Å². The van der Waals surface area contributed by atoms with Crippen LogP contribution in [0.1, 0.15) is 0 Å². The largest absolute Gasteiger partial charge is 0.456 e. The Bertz CT molecular complexity index is 954. The van der Waals surface area contributed by atoms with Crippen LogP contribution in [0.5, 0.6) is 0 Å².